The first-order valence-corrected chi connectivity index (χ1v) is 9.86. The number of carbonyl (C=O) groups excluding carboxylic acids is 1. The number of piperidine rings is 1. The Morgan fingerprint density at radius 3 is 2.42 bits per heavy atom. The van der Waals surface area contributed by atoms with Crippen LogP contribution in [0.1, 0.15) is 18.4 Å². The molecule has 138 valence electrons. The van der Waals surface area contributed by atoms with Crippen molar-refractivity contribution >= 4 is 58.0 Å². The van der Waals surface area contributed by atoms with Crippen molar-refractivity contribution in [1.82, 2.24) is 4.90 Å². The van der Waals surface area contributed by atoms with Crippen molar-refractivity contribution in [3.8, 4) is 0 Å². The number of benzene rings is 2. The van der Waals surface area contributed by atoms with Crippen molar-refractivity contribution in [2.24, 2.45) is 5.92 Å². The van der Waals surface area contributed by atoms with Gasteiger partial charge in [0.1, 0.15) is 0 Å². The van der Waals surface area contributed by atoms with Crippen molar-refractivity contribution in [3.05, 3.63) is 62.1 Å². The fourth-order valence-electron chi connectivity index (χ4n) is 3.13. The first kappa shape index (κ1) is 19.8. The summed E-state index contributed by atoms with van der Waals surface area (Å²) < 4.78 is 0. The number of halogens is 4. The summed E-state index contributed by atoms with van der Waals surface area (Å²) in [5.74, 6) is -0.123. The number of nitrogens with zero attached hydrogens (tertiary/aromatic N) is 1. The average Bonchev–Trinajstić information content (AvgIpc) is 2.60. The van der Waals surface area contributed by atoms with Gasteiger partial charge in [0.25, 0.3) is 0 Å². The predicted molar refractivity (Wildman–Crippen MR) is 110 cm³/mol. The molecule has 0 saturated carbocycles. The lowest BCUT2D eigenvalue weighted by atomic mass is 9.96. The van der Waals surface area contributed by atoms with E-state index in [0.29, 0.717) is 38.9 Å². The van der Waals surface area contributed by atoms with Gasteiger partial charge in [0.15, 0.2) is 0 Å². The van der Waals surface area contributed by atoms with Crippen LogP contribution in [-0.4, -0.2) is 23.9 Å². The molecule has 0 aliphatic carbocycles. The van der Waals surface area contributed by atoms with Gasteiger partial charge in [-0.05, 0) is 55.3 Å². The highest BCUT2D eigenvalue weighted by molar-refractivity contribution is 6.36. The SMILES string of the molecule is O=C(Nc1ccc(Cl)cc1Cl)[C@H]1CCCN(Cc2ccc(Cl)cc2Cl)C1. The molecule has 1 saturated heterocycles. The maximum atomic E-state index is 12.6. The maximum absolute atomic E-state index is 12.6. The normalized spacial score (nSPS) is 17.9. The summed E-state index contributed by atoms with van der Waals surface area (Å²) in [4.78, 5) is 14.9. The number of anilines is 1. The van der Waals surface area contributed by atoms with E-state index in [4.69, 9.17) is 46.4 Å². The molecule has 2 aromatic carbocycles. The molecule has 0 aromatic heterocycles. The Hall–Kier alpha value is -0.970. The van der Waals surface area contributed by atoms with Crippen LogP contribution in [0.4, 0.5) is 5.69 Å². The third kappa shape index (κ3) is 5.05. The Labute approximate surface area is 173 Å². The molecule has 7 heteroatoms. The molecule has 2 aromatic rings. The van der Waals surface area contributed by atoms with E-state index in [1.807, 2.05) is 12.1 Å². The predicted octanol–water partition coefficient (Wildman–Crippen LogP) is 6.15. The summed E-state index contributed by atoms with van der Waals surface area (Å²) in [6.07, 6.45) is 1.81. The van der Waals surface area contributed by atoms with E-state index in [0.717, 1.165) is 24.9 Å². The number of nitrogens with one attached hydrogen (secondary N) is 1. The minimum Gasteiger partial charge on any atom is -0.324 e. The van der Waals surface area contributed by atoms with Crippen LogP contribution in [-0.2, 0) is 11.3 Å². The van der Waals surface area contributed by atoms with E-state index in [-0.39, 0.29) is 11.8 Å². The second-order valence-electron chi connectivity index (χ2n) is 6.42. The zero-order chi connectivity index (χ0) is 18.7. The first-order chi connectivity index (χ1) is 12.4. The average molecular weight is 432 g/mol. The molecule has 26 heavy (non-hydrogen) atoms. The Bertz CT molecular complexity index is 812. The van der Waals surface area contributed by atoms with Gasteiger partial charge in [-0.15, -0.1) is 0 Å². The van der Waals surface area contributed by atoms with Crippen LogP contribution in [0.2, 0.25) is 20.1 Å². The fourth-order valence-corrected chi connectivity index (χ4v) is 4.05. The van der Waals surface area contributed by atoms with Crippen LogP contribution in [0.15, 0.2) is 36.4 Å². The molecule has 0 bridgehead atoms. The molecule has 1 aliphatic rings. The molecule has 1 fully saturated rings. The van der Waals surface area contributed by atoms with Crippen molar-refractivity contribution in [1.29, 1.82) is 0 Å². The number of hydrogen-bond donors (Lipinski definition) is 1. The lowest BCUT2D eigenvalue weighted by Crippen LogP contribution is -2.40. The molecule has 1 heterocycles. The second kappa shape index (κ2) is 8.81. The van der Waals surface area contributed by atoms with Gasteiger partial charge in [0.2, 0.25) is 5.91 Å². The van der Waals surface area contributed by atoms with Gasteiger partial charge < -0.3 is 5.32 Å². The standard InChI is InChI=1S/C19H18Cl4N2O/c20-14-4-3-12(16(22)8-14)10-25-7-1-2-13(11-25)19(26)24-18-6-5-15(21)9-17(18)23/h3-6,8-9,13H,1-2,7,10-11H2,(H,24,26)/t13-/m0/s1. The number of amides is 1. The smallest absolute Gasteiger partial charge is 0.228 e. The molecule has 1 amide bonds. The van der Waals surface area contributed by atoms with Crippen LogP contribution >= 0.6 is 46.4 Å². The lowest BCUT2D eigenvalue weighted by Gasteiger charge is -2.32. The van der Waals surface area contributed by atoms with Gasteiger partial charge in [-0.3, -0.25) is 9.69 Å². The molecule has 1 N–H and O–H groups in total. The van der Waals surface area contributed by atoms with Gasteiger partial charge in [-0.25, -0.2) is 0 Å². The van der Waals surface area contributed by atoms with Gasteiger partial charge in [0.05, 0.1) is 16.6 Å². The lowest BCUT2D eigenvalue weighted by molar-refractivity contribution is -0.121. The summed E-state index contributed by atoms with van der Waals surface area (Å²) in [6.45, 7) is 2.31. The Balaban J connectivity index is 1.63. The minimum atomic E-state index is -0.0958. The van der Waals surface area contributed by atoms with Crippen LogP contribution in [0, 0.1) is 5.92 Å². The van der Waals surface area contributed by atoms with Gasteiger partial charge in [0, 0.05) is 28.2 Å². The van der Waals surface area contributed by atoms with E-state index in [9.17, 15) is 4.79 Å². The van der Waals surface area contributed by atoms with Crippen molar-refractivity contribution < 1.29 is 4.79 Å². The zero-order valence-corrected chi connectivity index (χ0v) is 17.0. The molecule has 3 rings (SSSR count). The monoisotopic (exact) mass is 430 g/mol. The number of hydrogen-bond acceptors (Lipinski definition) is 2. The summed E-state index contributed by atoms with van der Waals surface area (Å²) in [5.41, 5.74) is 1.59. The summed E-state index contributed by atoms with van der Waals surface area (Å²) in [7, 11) is 0. The van der Waals surface area contributed by atoms with E-state index in [1.165, 1.54) is 0 Å². The highest BCUT2D eigenvalue weighted by Crippen LogP contribution is 2.28. The molecule has 0 spiro atoms. The third-order valence-corrected chi connectivity index (χ3v) is 5.61. The molecule has 3 nitrogen and oxygen atoms in total. The largest absolute Gasteiger partial charge is 0.324 e. The van der Waals surface area contributed by atoms with Crippen LogP contribution < -0.4 is 5.32 Å². The number of rotatable bonds is 4. The van der Waals surface area contributed by atoms with Gasteiger partial charge in [-0.1, -0.05) is 52.5 Å². The van der Waals surface area contributed by atoms with Crippen LogP contribution in [0.3, 0.4) is 0 Å². The summed E-state index contributed by atoms with van der Waals surface area (Å²) >= 11 is 24.3. The van der Waals surface area contributed by atoms with Gasteiger partial charge >= 0.3 is 0 Å². The molecule has 1 atom stereocenters. The zero-order valence-electron chi connectivity index (χ0n) is 13.9. The quantitative estimate of drug-likeness (QED) is 0.629. The van der Waals surface area contributed by atoms with E-state index < -0.39 is 0 Å². The van der Waals surface area contributed by atoms with E-state index in [2.05, 4.69) is 10.2 Å². The van der Waals surface area contributed by atoms with E-state index in [1.54, 1.807) is 24.3 Å². The maximum Gasteiger partial charge on any atom is 0.228 e. The van der Waals surface area contributed by atoms with Gasteiger partial charge in [-0.2, -0.15) is 0 Å². The molecular weight excluding hydrogens is 414 g/mol. The minimum absolute atomic E-state index is 0.0267. The molecule has 1 aliphatic heterocycles. The highest BCUT2D eigenvalue weighted by atomic mass is 35.5. The van der Waals surface area contributed by atoms with Crippen molar-refractivity contribution in [2.75, 3.05) is 18.4 Å². The molecular formula is C19H18Cl4N2O. The van der Waals surface area contributed by atoms with Crippen LogP contribution in [0.25, 0.3) is 0 Å². The Morgan fingerprint density at radius 2 is 1.73 bits per heavy atom. The number of likely N-dealkylation sites (tertiary alicyclic amines) is 1. The summed E-state index contributed by atoms with van der Waals surface area (Å²) in [5, 5.41) is 5.16. The first-order valence-electron chi connectivity index (χ1n) is 8.34. The van der Waals surface area contributed by atoms with Crippen molar-refractivity contribution in [2.45, 2.75) is 19.4 Å². The molecule has 0 unspecified atom stereocenters. The Morgan fingerprint density at radius 1 is 1.04 bits per heavy atom. The molecule has 0 radical (unpaired) electrons. The van der Waals surface area contributed by atoms with Crippen molar-refractivity contribution in [3.63, 3.8) is 0 Å². The topological polar surface area (TPSA) is 32.3 Å². The Kier molecular flexibility index (Phi) is 6.70. The highest BCUT2D eigenvalue weighted by Gasteiger charge is 2.26. The second-order valence-corrected chi connectivity index (χ2v) is 8.11. The van der Waals surface area contributed by atoms with Crippen LogP contribution in [0.5, 0.6) is 0 Å². The van der Waals surface area contributed by atoms with E-state index >= 15 is 0 Å². The fraction of sp³-hybridized carbons (Fsp3) is 0.316. The summed E-state index contributed by atoms with van der Waals surface area (Å²) in [6, 6.07) is 10.6. The third-order valence-electron chi connectivity index (χ3n) is 4.47. The number of carbonyl (C=O) groups is 1.